The Hall–Kier alpha value is -2.37. The molecular formula is C28H40N2O3. The molecule has 1 fully saturated rings. The third-order valence-electron chi connectivity index (χ3n) is 6.63. The van der Waals surface area contributed by atoms with Crippen molar-refractivity contribution in [2.75, 3.05) is 33.8 Å². The molecule has 180 valence electrons. The average Bonchev–Trinajstić information content (AvgIpc) is 2.83. The first-order chi connectivity index (χ1) is 16.1. The lowest BCUT2D eigenvalue weighted by molar-refractivity contribution is 0.0104. The first-order valence-electron chi connectivity index (χ1n) is 12.4. The summed E-state index contributed by atoms with van der Waals surface area (Å²) in [6.45, 7) is 6.72. The number of rotatable bonds is 12. The molecule has 2 aromatic carbocycles. The van der Waals surface area contributed by atoms with Crippen LogP contribution in [0.15, 0.2) is 55.1 Å². The van der Waals surface area contributed by atoms with Gasteiger partial charge < -0.3 is 19.3 Å². The Morgan fingerprint density at radius 3 is 2.48 bits per heavy atom. The molecule has 1 amide bonds. The second-order valence-electron chi connectivity index (χ2n) is 9.25. The summed E-state index contributed by atoms with van der Waals surface area (Å²) in [5, 5.41) is 2.21. The van der Waals surface area contributed by atoms with E-state index in [9.17, 15) is 4.79 Å². The van der Waals surface area contributed by atoms with Crippen molar-refractivity contribution in [3.63, 3.8) is 0 Å². The SMILES string of the molecule is C=CCN(C)CCCCCCOC1CCC(N(C)C(=O)Oc2ccc3ccccc3c2)CC1. The van der Waals surface area contributed by atoms with Crippen LogP contribution in [0.25, 0.3) is 10.8 Å². The number of hydrogen-bond acceptors (Lipinski definition) is 4. The topological polar surface area (TPSA) is 42.0 Å². The number of fused-ring (bicyclic) bond motifs is 1. The highest BCUT2D eigenvalue weighted by atomic mass is 16.6. The molecule has 2 aromatic rings. The zero-order chi connectivity index (χ0) is 23.5. The monoisotopic (exact) mass is 452 g/mol. The van der Waals surface area contributed by atoms with Crippen molar-refractivity contribution in [2.24, 2.45) is 0 Å². The number of amides is 1. The predicted molar refractivity (Wildman–Crippen MR) is 136 cm³/mol. The lowest BCUT2D eigenvalue weighted by atomic mass is 9.92. The highest BCUT2D eigenvalue weighted by Gasteiger charge is 2.28. The molecule has 5 heteroatoms. The fourth-order valence-corrected chi connectivity index (χ4v) is 4.55. The normalized spacial score (nSPS) is 18.4. The van der Waals surface area contributed by atoms with Gasteiger partial charge in [-0.2, -0.15) is 0 Å². The summed E-state index contributed by atoms with van der Waals surface area (Å²) < 4.78 is 11.8. The molecule has 0 aliphatic heterocycles. The van der Waals surface area contributed by atoms with Crippen molar-refractivity contribution in [3.05, 3.63) is 55.1 Å². The van der Waals surface area contributed by atoms with Crippen molar-refractivity contribution in [1.82, 2.24) is 9.80 Å². The van der Waals surface area contributed by atoms with Gasteiger partial charge >= 0.3 is 6.09 Å². The van der Waals surface area contributed by atoms with Crippen LogP contribution < -0.4 is 4.74 Å². The molecular weight excluding hydrogens is 412 g/mol. The summed E-state index contributed by atoms with van der Waals surface area (Å²) in [7, 11) is 3.99. The van der Waals surface area contributed by atoms with Crippen molar-refractivity contribution >= 4 is 16.9 Å². The first-order valence-corrected chi connectivity index (χ1v) is 12.4. The van der Waals surface area contributed by atoms with E-state index in [1.165, 1.54) is 19.3 Å². The second-order valence-corrected chi connectivity index (χ2v) is 9.25. The molecule has 1 saturated carbocycles. The molecule has 5 nitrogen and oxygen atoms in total. The highest BCUT2D eigenvalue weighted by Crippen LogP contribution is 2.26. The fraction of sp³-hybridized carbons (Fsp3) is 0.536. The first kappa shape index (κ1) is 25.3. The molecule has 0 spiro atoms. The van der Waals surface area contributed by atoms with Crippen LogP contribution >= 0.6 is 0 Å². The van der Waals surface area contributed by atoms with Crippen LogP contribution in [0.3, 0.4) is 0 Å². The Labute approximate surface area is 199 Å². The van der Waals surface area contributed by atoms with Crippen molar-refractivity contribution in [2.45, 2.75) is 63.5 Å². The number of carbonyl (C=O) groups is 1. The zero-order valence-corrected chi connectivity index (χ0v) is 20.4. The quantitative estimate of drug-likeness (QED) is 0.281. The molecule has 0 unspecified atom stereocenters. The highest BCUT2D eigenvalue weighted by molar-refractivity contribution is 5.84. The molecule has 3 rings (SSSR count). The number of likely N-dealkylation sites (N-methyl/N-ethyl adjacent to an activating group) is 1. The Bertz CT molecular complexity index is 876. The minimum atomic E-state index is -0.284. The van der Waals surface area contributed by atoms with Gasteiger partial charge in [-0.1, -0.05) is 49.2 Å². The van der Waals surface area contributed by atoms with Crippen molar-refractivity contribution in [3.8, 4) is 5.75 Å². The summed E-state index contributed by atoms with van der Waals surface area (Å²) in [5.41, 5.74) is 0. The standard InChI is InChI=1S/C28H40N2O3/c1-4-19-29(2)20-9-5-6-10-21-32-26-17-14-25(15-18-26)30(3)28(31)33-27-16-13-23-11-7-8-12-24(23)22-27/h4,7-8,11-13,16,22,25-26H,1,5-6,9-10,14-15,17-21H2,2-3H3. The van der Waals surface area contributed by atoms with E-state index in [-0.39, 0.29) is 12.1 Å². The summed E-state index contributed by atoms with van der Waals surface area (Å²) in [6.07, 6.45) is 10.8. The van der Waals surface area contributed by atoms with Gasteiger partial charge in [0, 0.05) is 26.2 Å². The molecule has 0 heterocycles. The Morgan fingerprint density at radius 1 is 1.00 bits per heavy atom. The van der Waals surface area contributed by atoms with E-state index >= 15 is 0 Å². The molecule has 0 atom stereocenters. The van der Waals surface area contributed by atoms with Crippen LogP contribution in [-0.4, -0.2) is 61.8 Å². The van der Waals surface area contributed by atoms with E-state index in [0.717, 1.165) is 62.6 Å². The van der Waals surface area contributed by atoms with E-state index in [4.69, 9.17) is 9.47 Å². The van der Waals surface area contributed by atoms with Gasteiger partial charge in [-0.25, -0.2) is 4.79 Å². The van der Waals surface area contributed by atoms with Gasteiger partial charge in [0.25, 0.3) is 0 Å². The van der Waals surface area contributed by atoms with Crippen LogP contribution in [0, 0.1) is 0 Å². The maximum Gasteiger partial charge on any atom is 0.415 e. The van der Waals surface area contributed by atoms with Crippen molar-refractivity contribution < 1.29 is 14.3 Å². The summed E-state index contributed by atoms with van der Waals surface area (Å²) in [6, 6.07) is 14.1. The van der Waals surface area contributed by atoms with Crippen LogP contribution in [0.2, 0.25) is 0 Å². The number of unbranched alkanes of at least 4 members (excludes halogenated alkanes) is 3. The zero-order valence-electron chi connectivity index (χ0n) is 20.4. The van der Waals surface area contributed by atoms with E-state index < -0.39 is 0 Å². The van der Waals surface area contributed by atoms with Gasteiger partial charge in [-0.15, -0.1) is 6.58 Å². The van der Waals surface area contributed by atoms with Gasteiger partial charge in [-0.3, -0.25) is 0 Å². The molecule has 1 aliphatic rings. The minimum absolute atomic E-state index is 0.213. The van der Waals surface area contributed by atoms with Gasteiger partial charge in [0.05, 0.1) is 6.10 Å². The largest absolute Gasteiger partial charge is 0.415 e. The third kappa shape index (κ3) is 8.17. The van der Waals surface area contributed by atoms with Crippen LogP contribution in [-0.2, 0) is 4.74 Å². The second kappa shape index (κ2) is 13.4. The number of ether oxygens (including phenoxy) is 2. The van der Waals surface area contributed by atoms with Crippen molar-refractivity contribution in [1.29, 1.82) is 0 Å². The maximum atomic E-state index is 12.7. The van der Waals surface area contributed by atoms with Gasteiger partial charge in [0.2, 0.25) is 0 Å². The van der Waals surface area contributed by atoms with Crippen LogP contribution in [0.5, 0.6) is 5.75 Å². The van der Waals surface area contributed by atoms with E-state index in [0.29, 0.717) is 11.9 Å². The van der Waals surface area contributed by atoms with Crippen LogP contribution in [0.1, 0.15) is 51.4 Å². The molecule has 0 N–H and O–H groups in total. The molecule has 0 radical (unpaired) electrons. The van der Waals surface area contributed by atoms with E-state index in [2.05, 4.69) is 24.6 Å². The molecule has 0 aromatic heterocycles. The Balaban J connectivity index is 1.30. The molecule has 33 heavy (non-hydrogen) atoms. The molecule has 0 bridgehead atoms. The Kier molecular flexibility index (Phi) is 10.2. The lowest BCUT2D eigenvalue weighted by Gasteiger charge is -2.34. The molecule has 0 saturated heterocycles. The average molecular weight is 453 g/mol. The minimum Gasteiger partial charge on any atom is -0.410 e. The maximum absolute atomic E-state index is 12.7. The summed E-state index contributed by atoms with van der Waals surface area (Å²) >= 11 is 0. The number of nitrogens with zero attached hydrogens (tertiary/aromatic N) is 2. The predicted octanol–water partition coefficient (Wildman–Crippen LogP) is 6.28. The van der Waals surface area contributed by atoms with Gasteiger partial charge in [-0.05, 0) is 75.0 Å². The Morgan fingerprint density at radius 2 is 1.73 bits per heavy atom. The fourth-order valence-electron chi connectivity index (χ4n) is 4.55. The summed E-state index contributed by atoms with van der Waals surface area (Å²) in [4.78, 5) is 16.7. The van der Waals surface area contributed by atoms with Gasteiger partial charge in [0.15, 0.2) is 0 Å². The van der Waals surface area contributed by atoms with Gasteiger partial charge in [0.1, 0.15) is 5.75 Å². The van der Waals surface area contributed by atoms with E-state index in [1.54, 1.807) is 4.90 Å². The number of hydrogen-bond donors (Lipinski definition) is 0. The summed E-state index contributed by atoms with van der Waals surface area (Å²) in [5.74, 6) is 0.593. The third-order valence-corrected chi connectivity index (χ3v) is 6.63. The van der Waals surface area contributed by atoms with E-state index in [1.807, 2.05) is 49.5 Å². The van der Waals surface area contributed by atoms with Crippen LogP contribution in [0.4, 0.5) is 4.79 Å². The lowest BCUT2D eigenvalue weighted by Crippen LogP contribution is -2.42. The smallest absolute Gasteiger partial charge is 0.410 e. The number of benzene rings is 2. The number of carbonyl (C=O) groups excluding carboxylic acids is 1. The molecule has 1 aliphatic carbocycles.